The lowest BCUT2D eigenvalue weighted by Crippen LogP contribution is -2.69. The van der Waals surface area contributed by atoms with E-state index in [9.17, 15) is 67.1 Å². The van der Waals surface area contributed by atoms with E-state index in [0.29, 0.717) is 157 Å². The summed E-state index contributed by atoms with van der Waals surface area (Å²) in [6, 6.07) is 74.2. The quantitative estimate of drug-likeness (QED) is 0.0119. The molecule has 0 bridgehead atoms. The number of ether oxygens (including phenoxy) is 7. The molecule has 6 aliphatic rings. The van der Waals surface area contributed by atoms with E-state index < -0.39 is 56.4 Å². The van der Waals surface area contributed by atoms with Crippen molar-refractivity contribution in [2.24, 2.45) is 27.1 Å². The molecule has 8 aromatic carbocycles. The molecule has 8 aromatic rings. The molecule has 150 heavy (non-hydrogen) atoms. The minimum Gasteiger partial charge on any atom is -0.469 e. The molecule has 6 saturated heterocycles. The van der Waals surface area contributed by atoms with E-state index in [1.165, 1.54) is 32.3 Å². The average Bonchev–Trinajstić information content (AvgIpc) is 0.742. The number of methoxy groups -OCH3 is 1. The lowest BCUT2D eigenvalue weighted by atomic mass is 9.75. The summed E-state index contributed by atoms with van der Waals surface area (Å²) >= 11 is 0. The maximum atomic E-state index is 13.5. The second-order valence-electron chi connectivity index (χ2n) is 38.3. The van der Waals surface area contributed by atoms with Crippen molar-refractivity contribution in [2.45, 2.75) is 143 Å². The molecule has 0 saturated carbocycles. The molecule has 7 amide bonds. The van der Waals surface area contributed by atoms with Gasteiger partial charge < -0.3 is 57.7 Å². The number of benzene rings is 8. The molecule has 792 valence electrons. The number of hydrogen-bond acceptors (Lipinski definition) is 23. The van der Waals surface area contributed by atoms with Crippen LogP contribution in [-0.2, 0) is 84.5 Å². The van der Waals surface area contributed by atoms with Crippen molar-refractivity contribution >= 4 is 83.1 Å². The number of carbonyl (C=O) groups is 14. The Balaban J connectivity index is 0.000000200. The van der Waals surface area contributed by atoms with Crippen molar-refractivity contribution in [2.75, 3.05) is 125 Å². The predicted octanol–water partition coefficient (Wildman–Crippen LogP) is 18.1. The second-order valence-corrected chi connectivity index (χ2v) is 38.3. The normalized spacial score (nSPS) is 20.1. The summed E-state index contributed by atoms with van der Waals surface area (Å²) in [7, 11) is 1.32. The van der Waals surface area contributed by atoms with E-state index in [0.717, 1.165) is 53.7 Å². The highest BCUT2D eigenvalue weighted by Crippen LogP contribution is 2.42. The molecule has 29 heteroatoms. The molecule has 6 unspecified atom stereocenters. The highest BCUT2D eigenvalue weighted by molar-refractivity contribution is 6.15. The van der Waals surface area contributed by atoms with Crippen LogP contribution in [0.25, 0.3) is 0 Å². The van der Waals surface area contributed by atoms with Gasteiger partial charge >= 0.3 is 41.8 Å². The summed E-state index contributed by atoms with van der Waals surface area (Å²) in [4.78, 5) is 189. The molecule has 0 N–H and O–H groups in total. The van der Waals surface area contributed by atoms with Crippen molar-refractivity contribution in [3.8, 4) is 6.07 Å². The first-order valence-corrected chi connectivity index (χ1v) is 51.0. The van der Waals surface area contributed by atoms with Crippen LogP contribution in [-0.4, -0.2) is 248 Å². The zero-order chi connectivity index (χ0) is 109. The maximum absolute atomic E-state index is 13.5. The molecule has 6 atom stereocenters. The Kier molecular flexibility index (Phi) is 46.7. The Morgan fingerprint density at radius 1 is 0.347 bits per heavy atom. The largest absolute Gasteiger partial charge is 0.469 e. The smallest absolute Gasteiger partial charge is 0.336 e. The summed E-state index contributed by atoms with van der Waals surface area (Å²) in [5.41, 5.74) is 1.33. The van der Waals surface area contributed by atoms with Crippen LogP contribution in [0.3, 0.4) is 0 Å². The first kappa shape index (κ1) is 118. The Bertz CT molecular complexity index is 5930. The number of piperazine rings is 1. The molecule has 0 radical (unpaired) electrons. The van der Waals surface area contributed by atoms with E-state index in [2.05, 4.69) is 45.5 Å². The van der Waals surface area contributed by atoms with Crippen LogP contribution in [0.1, 0.15) is 196 Å². The molecule has 6 fully saturated rings. The first-order chi connectivity index (χ1) is 72.4. The van der Waals surface area contributed by atoms with Crippen LogP contribution in [0.4, 0.5) is 0 Å². The number of piperidine rings is 5. The fourth-order valence-electron chi connectivity index (χ4n) is 19.3. The SMILES string of the molecule is C=CCOC(=O)C1(C)C(=O)N(C(=O)c2ccc(C)cc2)CCN1Cc1ccccc1.C=CCOC(=O)C1(C)CCCN(C(=O)c2ccccc2)C1.C=CCOC(=O)C1(CC)CCCN(C(=O)c2ccccc2)C1.C=CCOC(=O)C1(CCC#N)CCCN(C(=O)c2ccccc2)C1.C=CCOC(=O)C1(CCC(=O)OC)CCCN(C(=O)c2ccccc2)C1.C=CCOC(=O)C1(Cc2ccccc2)CCCN(C(=O)c2ccccc2)C1. The Hall–Kier alpha value is -15.6. The summed E-state index contributed by atoms with van der Waals surface area (Å²) in [5.74, 6) is -3.83. The van der Waals surface area contributed by atoms with Crippen LogP contribution >= 0.6 is 0 Å². The fourth-order valence-corrected chi connectivity index (χ4v) is 19.3. The molecule has 6 aliphatic heterocycles. The predicted molar refractivity (Wildman–Crippen MR) is 572 cm³/mol. The van der Waals surface area contributed by atoms with Gasteiger partial charge in [-0.05, 0) is 195 Å². The Morgan fingerprint density at radius 3 is 1.01 bits per heavy atom. The molecule has 29 nitrogen and oxygen atoms in total. The monoisotopic (exact) mass is 2040 g/mol. The third-order valence-corrected chi connectivity index (χ3v) is 27.6. The molecule has 0 spiro atoms. The first-order valence-electron chi connectivity index (χ1n) is 51.0. The third kappa shape index (κ3) is 32.7. The number of likely N-dealkylation sites (tertiary alicyclic amines) is 5. The number of nitriles is 1. The lowest BCUT2D eigenvalue weighted by Gasteiger charge is -2.45. The van der Waals surface area contributed by atoms with Crippen LogP contribution in [0.5, 0.6) is 0 Å². The van der Waals surface area contributed by atoms with Gasteiger partial charge in [0.05, 0.1) is 40.3 Å². The highest BCUT2D eigenvalue weighted by Gasteiger charge is 2.55. The molecule has 0 aliphatic carbocycles. The number of hydrogen-bond donors (Lipinski definition) is 0. The Labute approximate surface area is 881 Å². The van der Waals surface area contributed by atoms with E-state index in [1.54, 1.807) is 120 Å². The maximum Gasteiger partial charge on any atom is 0.336 e. The number of rotatable bonds is 34. The number of nitrogens with zero attached hydrogens (tertiary/aromatic N) is 8. The van der Waals surface area contributed by atoms with Gasteiger partial charge in [0.2, 0.25) is 0 Å². The number of aryl methyl sites for hydroxylation is 1. The average molecular weight is 2040 g/mol. The Morgan fingerprint density at radius 2 is 0.647 bits per heavy atom. The zero-order valence-corrected chi connectivity index (χ0v) is 87.1. The number of esters is 7. The third-order valence-electron chi connectivity index (χ3n) is 27.6. The van der Waals surface area contributed by atoms with Crippen LogP contribution in [0.2, 0.25) is 0 Å². The second kappa shape index (κ2) is 59.4. The number of carbonyl (C=O) groups excluding carboxylic acids is 14. The molecule has 14 rings (SSSR count). The topological polar surface area (TPSA) is 350 Å². The standard InChI is InChI=1S/C24H26N2O4.C23H25NO3.C20H25NO5.C19H22N2O3.C18H23NO3.C17H21NO3/c1-4-16-30-23(29)24(3)22(28)26(21(27)20-12-10-18(2)11-13-20)15-14-25(24)17-19-8-6-5-7-9-19;1-2-16-27-22(26)23(17-19-10-5-3-6-11-19)14-9-15-24(18-23)21(25)20-12-7-4-8-13-20;1-3-14-26-19(24)20(12-10-17(22)25-2)11-7-13-21(15-20)18(23)16-8-5-4-6-9-16;1-2-14-24-18(23)19(10-6-12-20)11-7-13-21(15-19)17(22)16-8-4-3-5-9-16;1-3-13-22-17(21)18(4-2)11-8-12-19(14-18)16(20)15-9-6-5-7-10-15;1-3-12-21-16(20)17(2)10-7-11-18(13-17)15(19)14-8-5-4-6-9-14/h4-13H,1,14-17H2,2-3H3;2-8,10-13H,1,9,14-18H2;3-6,8-9H,1,7,10-15H2,2H3;2-5,8-9H,1,6-7,10-11,13-15H2;3,5-7,9-10H,1,4,8,11-14H2,2H3;3-6,8-9H,1,7,10-13H2,2H3. The minimum atomic E-state index is -1.61. The van der Waals surface area contributed by atoms with Crippen molar-refractivity contribution in [3.05, 3.63) is 363 Å². The van der Waals surface area contributed by atoms with E-state index in [4.69, 9.17) is 38.4 Å². The fraction of sp³-hybridized carbons (Fsp3) is 0.380. The van der Waals surface area contributed by atoms with Gasteiger partial charge in [-0.15, -0.1) is 0 Å². The van der Waals surface area contributed by atoms with Gasteiger partial charge in [-0.25, -0.2) is 4.79 Å². The van der Waals surface area contributed by atoms with Crippen molar-refractivity contribution < 1.29 is 100 Å². The van der Waals surface area contributed by atoms with E-state index >= 15 is 0 Å². The van der Waals surface area contributed by atoms with Gasteiger partial charge in [0.1, 0.15) is 39.6 Å². The van der Waals surface area contributed by atoms with Gasteiger partial charge in [-0.3, -0.25) is 72.1 Å². The van der Waals surface area contributed by atoms with Crippen LogP contribution in [0.15, 0.2) is 313 Å². The van der Waals surface area contributed by atoms with Crippen molar-refractivity contribution in [1.29, 1.82) is 5.26 Å². The van der Waals surface area contributed by atoms with Gasteiger partial charge in [0, 0.05) is 131 Å². The number of imide groups is 1. The van der Waals surface area contributed by atoms with Gasteiger partial charge in [-0.2, -0.15) is 5.26 Å². The zero-order valence-electron chi connectivity index (χ0n) is 87.1. The number of amides is 7. The van der Waals surface area contributed by atoms with Gasteiger partial charge in [-0.1, -0.05) is 252 Å². The van der Waals surface area contributed by atoms with E-state index in [-0.39, 0.29) is 131 Å². The summed E-state index contributed by atoms with van der Waals surface area (Å²) in [6.45, 7) is 35.4. The summed E-state index contributed by atoms with van der Waals surface area (Å²) in [5, 5.41) is 8.92. The van der Waals surface area contributed by atoms with Crippen molar-refractivity contribution in [1.82, 2.24) is 34.3 Å². The van der Waals surface area contributed by atoms with Crippen molar-refractivity contribution in [3.63, 3.8) is 0 Å². The highest BCUT2D eigenvalue weighted by atomic mass is 16.6. The summed E-state index contributed by atoms with van der Waals surface area (Å²) < 4.78 is 36.4. The molecular formula is C121H142N8O21. The van der Waals surface area contributed by atoms with Crippen LogP contribution in [0, 0.1) is 45.3 Å². The molecular weight excluding hydrogens is 1900 g/mol. The molecule has 0 aromatic heterocycles. The summed E-state index contributed by atoms with van der Waals surface area (Å²) in [6.07, 6.45) is 18.6. The lowest BCUT2D eigenvalue weighted by molar-refractivity contribution is -0.170. The van der Waals surface area contributed by atoms with Gasteiger partial charge in [0.25, 0.3) is 41.4 Å². The minimum absolute atomic E-state index is 0.00715. The van der Waals surface area contributed by atoms with E-state index in [1.807, 2.05) is 185 Å². The van der Waals surface area contributed by atoms with Crippen LogP contribution < -0.4 is 0 Å². The van der Waals surface area contributed by atoms with Gasteiger partial charge in [0.15, 0.2) is 5.54 Å². The molecule has 6 heterocycles.